The van der Waals surface area contributed by atoms with Gasteiger partial charge in [-0.25, -0.2) is 17.6 Å². The van der Waals surface area contributed by atoms with E-state index in [1.165, 1.54) is 47.0 Å². The Kier molecular flexibility index (Phi) is 19.3. The third-order valence-electron chi connectivity index (χ3n) is 13.1. The number of aromatic nitrogens is 8. The van der Waals surface area contributed by atoms with Gasteiger partial charge in [-0.15, -0.1) is 10.2 Å². The first-order chi connectivity index (χ1) is 35.4. The largest absolute Gasteiger partial charge is 0.343 e. The molecule has 18 nitrogen and oxygen atoms in total. The highest BCUT2D eigenvalue weighted by Crippen LogP contribution is 2.26. The molecule has 0 unspecified atom stereocenters. The molecule has 0 aliphatic heterocycles. The first kappa shape index (κ1) is 55.5. The minimum atomic E-state index is -1.12. The Bertz CT molecular complexity index is 2830. The highest BCUT2D eigenvalue weighted by atomic mass is 19.2. The third kappa shape index (κ3) is 14.0. The van der Waals surface area contributed by atoms with Crippen molar-refractivity contribution in [3.05, 3.63) is 128 Å². The second-order valence-electron chi connectivity index (χ2n) is 18.4. The van der Waals surface area contributed by atoms with E-state index in [1.807, 2.05) is 0 Å². The van der Waals surface area contributed by atoms with E-state index in [0.717, 1.165) is 75.6 Å². The zero-order valence-corrected chi connectivity index (χ0v) is 42.5. The standard InChI is InChI=1S/C52H62F4N12O6/c1-31-43(33(3)65(5)45(31)49(71)59-35-19-21-39(53)41(55)25-35)47(69)51(73)57-27-37-29-67(63-61-37)23-17-15-13-11-9-7-8-10-12-14-16-18-24-68-30-38(62-64-68)28-58-52(74)48(70)44-32(2)46(66(6)34(44)4)50(72)60-36-20-22-40(54)42(56)26-36/h19-22,25-26,29-30H,7-18,23-24,27-28H2,1-6H3,(H,57,73)(H,58,74)(H,59,71)(H,60,72). The van der Waals surface area contributed by atoms with Gasteiger partial charge in [0.25, 0.3) is 35.2 Å². The third-order valence-corrected chi connectivity index (χ3v) is 13.1. The number of benzene rings is 2. The van der Waals surface area contributed by atoms with Crippen molar-refractivity contribution in [3.63, 3.8) is 0 Å². The summed E-state index contributed by atoms with van der Waals surface area (Å²) in [6.45, 7) is 7.63. The number of nitrogens with one attached hydrogen (secondary N) is 4. The quantitative estimate of drug-likeness (QED) is 0.0168. The average Bonchev–Trinajstić information content (AvgIpc) is 4.13. The van der Waals surface area contributed by atoms with Crippen LogP contribution in [0.25, 0.3) is 0 Å². The summed E-state index contributed by atoms with van der Waals surface area (Å²) in [6.07, 6.45) is 16.7. The van der Waals surface area contributed by atoms with Gasteiger partial charge in [0, 0.05) is 62.1 Å². The number of aryl methyl sites for hydroxylation is 2. The fourth-order valence-corrected chi connectivity index (χ4v) is 8.90. The van der Waals surface area contributed by atoms with Crippen LogP contribution >= 0.6 is 0 Å². The molecule has 2 aromatic carbocycles. The fraction of sp³-hybridized carbons (Fsp3) is 0.423. The summed E-state index contributed by atoms with van der Waals surface area (Å²) in [4.78, 5) is 78.4. The molecule has 0 aliphatic rings. The summed E-state index contributed by atoms with van der Waals surface area (Å²) in [7, 11) is 3.14. The van der Waals surface area contributed by atoms with Gasteiger partial charge in [0.2, 0.25) is 0 Å². The van der Waals surface area contributed by atoms with E-state index in [0.29, 0.717) is 35.9 Å². The summed E-state index contributed by atoms with van der Waals surface area (Å²) in [5.41, 5.74) is 2.73. The fourth-order valence-electron chi connectivity index (χ4n) is 8.90. The van der Waals surface area contributed by atoms with Crippen LogP contribution in [0.4, 0.5) is 28.9 Å². The first-order valence-electron chi connectivity index (χ1n) is 24.6. The Labute approximate surface area is 425 Å². The van der Waals surface area contributed by atoms with Gasteiger partial charge in [-0.1, -0.05) is 74.6 Å². The van der Waals surface area contributed by atoms with Gasteiger partial charge >= 0.3 is 0 Å². The number of Topliss-reactive ketones (excluding diaryl/α,β-unsaturated/α-hetero) is 2. The Hall–Kier alpha value is -7.78. The zero-order valence-electron chi connectivity index (χ0n) is 42.5. The molecule has 394 valence electrons. The summed E-state index contributed by atoms with van der Waals surface area (Å²) in [5, 5.41) is 26.7. The Morgan fingerprint density at radius 1 is 0.486 bits per heavy atom. The molecule has 22 heteroatoms. The van der Waals surface area contributed by atoms with Crippen molar-refractivity contribution in [2.45, 2.75) is 131 Å². The monoisotopic (exact) mass is 1030 g/mol. The van der Waals surface area contributed by atoms with Crippen LogP contribution in [0.2, 0.25) is 0 Å². The van der Waals surface area contributed by atoms with Crippen LogP contribution in [0.1, 0.15) is 153 Å². The van der Waals surface area contributed by atoms with Crippen LogP contribution in [0, 0.1) is 51.0 Å². The maximum absolute atomic E-state index is 13.7. The van der Waals surface area contributed by atoms with Gasteiger partial charge in [-0.2, -0.15) is 0 Å². The molecule has 6 aromatic rings. The lowest BCUT2D eigenvalue weighted by Gasteiger charge is -2.08. The highest BCUT2D eigenvalue weighted by molar-refractivity contribution is 6.44. The maximum atomic E-state index is 13.7. The van der Waals surface area contributed by atoms with Crippen molar-refractivity contribution >= 4 is 46.6 Å². The van der Waals surface area contributed by atoms with Crippen molar-refractivity contribution < 1.29 is 46.3 Å². The normalized spacial score (nSPS) is 11.2. The van der Waals surface area contributed by atoms with Gasteiger partial charge in [0.15, 0.2) is 23.3 Å². The predicted molar refractivity (Wildman–Crippen MR) is 266 cm³/mol. The van der Waals surface area contributed by atoms with E-state index in [9.17, 15) is 46.3 Å². The molecule has 0 spiro atoms. The highest BCUT2D eigenvalue weighted by Gasteiger charge is 2.30. The molecule has 0 fully saturated rings. The summed E-state index contributed by atoms with van der Waals surface area (Å²) < 4.78 is 60.5. The van der Waals surface area contributed by atoms with Crippen molar-refractivity contribution in [3.8, 4) is 0 Å². The number of ketones is 2. The molecule has 4 amide bonds. The number of carbonyl (C=O) groups is 6. The molecule has 0 aliphatic carbocycles. The summed E-state index contributed by atoms with van der Waals surface area (Å²) in [5.74, 6) is -9.03. The first-order valence-corrected chi connectivity index (χ1v) is 24.6. The van der Waals surface area contributed by atoms with Gasteiger partial charge in [-0.3, -0.25) is 38.1 Å². The number of rotatable bonds is 27. The molecule has 0 atom stereocenters. The molecule has 6 rings (SSSR count). The van der Waals surface area contributed by atoms with Crippen molar-refractivity contribution in [1.82, 2.24) is 49.8 Å². The molecular weight excluding hydrogens is 965 g/mol. The lowest BCUT2D eigenvalue weighted by atomic mass is 10.0. The van der Waals surface area contributed by atoms with Gasteiger partial charge < -0.3 is 30.4 Å². The number of nitrogens with zero attached hydrogens (tertiary/aromatic N) is 8. The van der Waals surface area contributed by atoms with Crippen molar-refractivity contribution in [1.29, 1.82) is 0 Å². The van der Waals surface area contributed by atoms with E-state index in [2.05, 4.69) is 41.9 Å². The van der Waals surface area contributed by atoms with Crippen LogP contribution < -0.4 is 21.3 Å². The van der Waals surface area contributed by atoms with Crippen molar-refractivity contribution in [2.75, 3.05) is 10.6 Å². The number of halogens is 4. The Morgan fingerprint density at radius 2 is 0.824 bits per heavy atom. The molecule has 4 heterocycles. The number of unbranched alkanes of at least 4 members (excludes halogenated alkanes) is 11. The van der Waals surface area contributed by atoms with Gasteiger partial charge in [-0.05, 0) is 75.9 Å². The minimum Gasteiger partial charge on any atom is -0.343 e. The van der Waals surface area contributed by atoms with E-state index < -0.39 is 58.5 Å². The van der Waals surface area contributed by atoms with E-state index >= 15 is 0 Å². The van der Waals surface area contributed by atoms with Gasteiger partial charge in [0.05, 0.1) is 36.6 Å². The second kappa shape index (κ2) is 25.7. The number of hydrogen-bond donors (Lipinski definition) is 4. The minimum absolute atomic E-state index is 0.0126. The molecule has 0 saturated carbocycles. The number of hydrogen-bond acceptors (Lipinski definition) is 10. The van der Waals surface area contributed by atoms with Crippen LogP contribution in [0.5, 0.6) is 0 Å². The number of amides is 4. The number of anilines is 2. The number of carbonyl (C=O) groups excluding carboxylic acids is 6. The lowest BCUT2D eigenvalue weighted by Crippen LogP contribution is -2.31. The second-order valence-corrected chi connectivity index (χ2v) is 18.4. The van der Waals surface area contributed by atoms with Gasteiger partial charge in [0.1, 0.15) is 22.8 Å². The van der Waals surface area contributed by atoms with E-state index in [-0.39, 0.29) is 58.1 Å². The molecule has 74 heavy (non-hydrogen) atoms. The zero-order chi connectivity index (χ0) is 53.6. The molecule has 0 saturated heterocycles. The van der Waals surface area contributed by atoms with Crippen LogP contribution in [-0.4, -0.2) is 74.3 Å². The van der Waals surface area contributed by atoms with E-state index in [4.69, 9.17) is 0 Å². The Morgan fingerprint density at radius 3 is 1.16 bits per heavy atom. The SMILES string of the molecule is Cc1c(C(=O)C(=O)NCc2cn(CCCCCCCCCCCCCCn3cc(CNC(=O)C(=O)c4c(C)c(C(=O)Nc5ccc(F)c(F)c5)n(C)c4C)nn3)nn2)c(C)n(C)c1C(=O)Nc1ccc(F)c(F)c1. The van der Waals surface area contributed by atoms with Crippen LogP contribution in [-0.2, 0) is 49.9 Å². The molecule has 4 N–H and O–H groups in total. The maximum Gasteiger partial charge on any atom is 0.292 e. The predicted octanol–water partition coefficient (Wildman–Crippen LogP) is 8.22. The molecule has 0 bridgehead atoms. The van der Waals surface area contributed by atoms with E-state index in [1.54, 1.807) is 63.5 Å². The summed E-state index contributed by atoms with van der Waals surface area (Å²) in [6, 6.07) is 5.92. The Balaban J connectivity index is 0.779. The smallest absolute Gasteiger partial charge is 0.292 e. The average molecular weight is 1030 g/mol. The molecular formula is C52H62F4N12O6. The summed E-state index contributed by atoms with van der Waals surface area (Å²) >= 11 is 0. The topological polar surface area (TPSA) is 222 Å². The molecule has 4 aromatic heterocycles. The van der Waals surface area contributed by atoms with Crippen LogP contribution in [0.15, 0.2) is 48.8 Å². The lowest BCUT2D eigenvalue weighted by molar-refractivity contribution is -0.117. The molecule has 0 radical (unpaired) electrons. The van der Waals surface area contributed by atoms with Crippen molar-refractivity contribution in [2.24, 2.45) is 14.1 Å². The van der Waals surface area contributed by atoms with Crippen LogP contribution in [0.3, 0.4) is 0 Å².